The first-order chi connectivity index (χ1) is 11.2. The molecule has 0 aromatic heterocycles. The van der Waals surface area contributed by atoms with Crippen molar-refractivity contribution in [1.29, 1.82) is 0 Å². The van der Waals surface area contributed by atoms with Gasteiger partial charge in [0.1, 0.15) is 0 Å². The predicted molar refractivity (Wildman–Crippen MR) is 106 cm³/mol. The summed E-state index contributed by atoms with van der Waals surface area (Å²) in [6, 6.07) is 9.37. The molecule has 0 heterocycles. The Hall–Kier alpha value is -2.08. The Balaban J connectivity index is 2.38. The van der Waals surface area contributed by atoms with Crippen molar-refractivity contribution < 1.29 is 0 Å². The zero-order chi connectivity index (χ0) is 17.8. The monoisotopic (exact) mass is 316 g/mol. The molecule has 0 spiro atoms. The molecule has 0 bridgehead atoms. The molecule has 1 aromatic rings. The largest absolute Gasteiger partial charge is 0.0558 e. The topological polar surface area (TPSA) is 0 Å². The van der Waals surface area contributed by atoms with Crippen LogP contribution in [0.25, 0.3) is 22.3 Å². The molecule has 0 unspecified atom stereocenters. The molecule has 0 saturated carbocycles. The molecule has 0 N–H and O–H groups in total. The lowest BCUT2D eigenvalue weighted by molar-refractivity contribution is 1.18. The Morgan fingerprint density at radius 3 is 1.25 bits per heavy atom. The fraction of sp³-hybridized carbons (Fsp3) is 0.333. The van der Waals surface area contributed by atoms with Crippen molar-refractivity contribution in [3.8, 4) is 22.3 Å². The fourth-order valence-corrected chi connectivity index (χ4v) is 4.12. The number of hydrogen-bond acceptors (Lipinski definition) is 0. The van der Waals surface area contributed by atoms with E-state index in [-0.39, 0.29) is 0 Å². The highest BCUT2D eigenvalue weighted by Gasteiger charge is 2.18. The van der Waals surface area contributed by atoms with Crippen molar-refractivity contribution in [2.24, 2.45) is 0 Å². The molecular formula is C24H28. The van der Waals surface area contributed by atoms with E-state index in [0.717, 1.165) is 0 Å². The highest BCUT2D eigenvalue weighted by Crippen LogP contribution is 2.40. The third kappa shape index (κ3) is 2.45. The van der Waals surface area contributed by atoms with E-state index in [1.807, 2.05) is 0 Å². The summed E-state index contributed by atoms with van der Waals surface area (Å²) >= 11 is 0. The first kappa shape index (κ1) is 16.8. The first-order valence-electron chi connectivity index (χ1n) is 8.81. The van der Waals surface area contributed by atoms with Gasteiger partial charge in [0.15, 0.2) is 0 Å². The number of hydrogen-bond donors (Lipinski definition) is 0. The van der Waals surface area contributed by atoms with Gasteiger partial charge in [-0.15, -0.1) is 0 Å². The summed E-state index contributed by atoms with van der Waals surface area (Å²) in [5.41, 5.74) is 16.7. The molecule has 1 aromatic carbocycles. The van der Waals surface area contributed by atoms with Crippen molar-refractivity contribution in [3.05, 3.63) is 68.8 Å². The second kappa shape index (κ2) is 5.77. The fourth-order valence-electron chi connectivity index (χ4n) is 4.12. The van der Waals surface area contributed by atoms with Crippen LogP contribution in [0.3, 0.4) is 0 Å². The normalized spacial score (nSPS) is 11.3. The molecule has 0 nitrogen and oxygen atoms in total. The molecule has 0 fully saturated rings. The number of benzene rings is 1. The highest BCUT2D eigenvalue weighted by molar-refractivity contribution is 5.86. The molecular weight excluding hydrogens is 288 g/mol. The molecule has 0 atom stereocenters. The van der Waals surface area contributed by atoms with Crippen molar-refractivity contribution in [2.75, 3.05) is 0 Å². The van der Waals surface area contributed by atoms with E-state index < -0.39 is 0 Å². The van der Waals surface area contributed by atoms with Gasteiger partial charge in [-0.3, -0.25) is 0 Å². The van der Waals surface area contributed by atoms with E-state index in [9.17, 15) is 0 Å². The summed E-state index contributed by atoms with van der Waals surface area (Å²) < 4.78 is 0. The maximum absolute atomic E-state index is 2.39. The van der Waals surface area contributed by atoms with Crippen LogP contribution in [0, 0.1) is 55.4 Å². The minimum Gasteiger partial charge on any atom is -0.0558 e. The summed E-state index contributed by atoms with van der Waals surface area (Å²) in [4.78, 5) is 0. The van der Waals surface area contributed by atoms with Gasteiger partial charge in [-0.25, -0.2) is 0 Å². The average Bonchev–Trinajstić information content (AvgIpc) is 2.92. The van der Waals surface area contributed by atoms with Crippen LogP contribution in [-0.4, -0.2) is 0 Å². The Kier molecular flexibility index (Phi) is 4.03. The lowest BCUT2D eigenvalue weighted by Crippen LogP contribution is -1.98. The average molecular weight is 316 g/mol. The van der Waals surface area contributed by atoms with Gasteiger partial charge in [-0.2, -0.15) is 0 Å². The molecule has 3 rings (SSSR count). The number of fused-ring (bicyclic) bond motifs is 1. The van der Waals surface area contributed by atoms with Gasteiger partial charge in [-0.05, 0) is 129 Å². The van der Waals surface area contributed by atoms with Crippen LogP contribution in [0.2, 0.25) is 0 Å². The quantitative estimate of drug-likeness (QED) is 0.457. The van der Waals surface area contributed by atoms with Gasteiger partial charge >= 0.3 is 0 Å². The van der Waals surface area contributed by atoms with Crippen LogP contribution in [-0.2, 0) is 0 Å². The Morgan fingerprint density at radius 2 is 0.833 bits per heavy atom. The van der Waals surface area contributed by atoms with Crippen molar-refractivity contribution >= 4 is 0 Å². The molecule has 0 heteroatoms. The minimum atomic E-state index is 1.33. The van der Waals surface area contributed by atoms with Gasteiger partial charge in [0.05, 0.1) is 0 Å². The summed E-state index contributed by atoms with van der Waals surface area (Å²) in [5.74, 6) is 0. The van der Waals surface area contributed by atoms with E-state index in [1.165, 1.54) is 66.8 Å². The zero-order valence-corrected chi connectivity index (χ0v) is 16.3. The third-order valence-electron chi connectivity index (χ3n) is 5.92. The minimum absolute atomic E-state index is 1.33. The van der Waals surface area contributed by atoms with Crippen LogP contribution >= 0.6 is 0 Å². The van der Waals surface area contributed by atoms with Crippen LogP contribution in [0.15, 0.2) is 24.3 Å². The summed E-state index contributed by atoms with van der Waals surface area (Å²) in [6.07, 6.45) is 0. The van der Waals surface area contributed by atoms with Crippen LogP contribution in [0.1, 0.15) is 44.5 Å². The third-order valence-corrected chi connectivity index (χ3v) is 5.92. The molecule has 2 aliphatic rings. The molecule has 0 aliphatic heterocycles. The van der Waals surface area contributed by atoms with Gasteiger partial charge in [-0.1, -0.05) is 17.7 Å². The standard InChI is InChI=1S/C24H28/c1-13-9-14(2)22-11-21(12-23(22)15(3)10-13)24-19(7)17(5)16(4)18(6)20(24)8/h9-12H,1-8H3. The zero-order valence-electron chi connectivity index (χ0n) is 16.3. The van der Waals surface area contributed by atoms with Crippen molar-refractivity contribution in [1.82, 2.24) is 0 Å². The predicted octanol–water partition coefficient (Wildman–Crippen LogP) is 6.93. The number of rotatable bonds is 1. The molecule has 2 aliphatic carbocycles. The Bertz CT molecular complexity index is 857. The van der Waals surface area contributed by atoms with Crippen LogP contribution in [0.4, 0.5) is 0 Å². The van der Waals surface area contributed by atoms with E-state index >= 15 is 0 Å². The number of aryl methyl sites for hydroxylation is 3. The lowest BCUT2D eigenvalue weighted by Gasteiger charge is -2.18. The smallest absolute Gasteiger partial charge is 0.0120 e. The first-order valence-corrected chi connectivity index (χ1v) is 8.81. The van der Waals surface area contributed by atoms with Crippen LogP contribution in [0.5, 0.6) is 0 Å². The van der Waals surface area contributed by atoms with Crippen molar-refractivity contribution in [2.45, 2.75) is 55.4 Å². The molecule has 0 saturated heterocycles. The Morgan fingerprint density at radius 1 is 0.458 bits per heavy atom. The van der Waals surface area contributed by atoms with E-state index in [4.69, 9.17) is 0 Å². The molecule has 124 valence electrons. The molecule has 0 amide bonds. The van der Waals surface area contributed by atoms with Gasteiger partial charge in [0.2, 0.25) is 0 Å². The van der Waals surface area contributed by atoms with E-state index in [0.29, 0.717) is 0 Å². The van der Waals surface area contributed by atoms with E-state index in [2.05, 4.69) is 79.7 Å². The van der Waals surface area contributed by atoms with Gasteiger partial charge in [0.25, 0.3) is 0 Å². The maximum Gasteiger partial charge on any atom is -0.0120 e. The maximum atomic E-state index is 2.39. The lowest BCUT2D eigenvalue weighted by atomic mass is 9.87. The van der Waals surface area contributed by atoms with E-state index in [1.54, 1.807) is 0 Å². The Labute approximate surface area is 146 Å². The van der Waals surface area contributed by atoms with Gasteiger partial charge in [0, 0.05) is 0 Å². The second-order valence-corrected chi connectivity index (χ2v) is 7.47. The van der Waals surface area contributed by atoms with Crippen LogP contribution < -0.4 is 0 Å². The SMILES string of the molecule is Cc1cc(C)c2cc(-c3c(C)c(C)c(C)c(C)c3C)cc-2c(C)c1. The summed E-state index contributed by atoms with van der Waals surface area (Å²) in [6.45, 7) is 17.9. The second-order valence-electron chi connectivity index (χ2n) is 7.47. The van der Waals surface area contributed by atoms with Gasteiger partial charge < -0.3 is 0 Å². The summed E-state index contributed by atoms with van der Waals surface area (Å²) in [7, 11) is 0. The van der Waals surface area contributed by atoms with Crippen molar-refractivity contribution in [3.63, 3.8) is 0 Å². The molecule has 24 heavy (non-hydrogen) atoms. The summed E-state index contributed by atoms with van der Waals surface area (Å²) in [5, 5.41) is 0. The highest BCUT2D eigenvalue weighted by atomic mass is 14.2. The molecule has 0 radical (unpaired) electrons.